The highest BCUT2D eigenvalue weighted by Gasteiger charge is 2.28. The Bertz CT molecular complexity index is 999. The number of aromatic amines is 1. The summed E-state index contributed by atoms with van der Waals surface area (Å²) in [6.07, 6.45) is 3.03. The monoisotopic (exact) mass is 378 g/mol. The van der Waals surface area contributed by atoms with Crippen molar-refractivity contribution in [3.63, 3.8) is 0 Å². The van der Waals surface area contributed by atoms with Crippen molar-refractivity contribution in [3.05, 3.63) is 45.0 Å². The third kappa shape index (κ3) is 3.22. The Balaban J connectivity index is 1.35. The maximum absolute atomic E-state index is 12.0. The molecule has 5 rings (SSSR count). The molecule has 144 valence electrons. The normalized spacial score (nSPS) is 19.2. The van der Waals surface area contributed by atoms with Crippen LogP contribution in [0.15, 0.2) is 16.9 Å². The lowest BCUT2D eigenvalue weighted by Crippen LogP contribution is -2.48. The molecule has 0 bridgehead atoms. The summed E-state index contributed by atoms with van der Waals surface area (Å²) >= 11 is 0. The standard InChI is InChI=1S/C20H22N6O2/c21-11-14-9-15-12-28-8-3-16(15)22-19(14)25-4-6-26(7-5-25)20-23-17(13-1-2-13)10-18(27)24-20/h9-10,13H,1-8,12H2,(H,23,24,27). The molecule has 3 aliphatic rings. The van der Waals surface area contributed by atoms with E-state index in [-0.39, 0.29) is 5.56 Å². The number of nitrogens with one attached hydrogen (secondary N) is 1. The van der Waals surface area contributed by atoms with Gasteiger partial charge in [-0.2, -0.15) is 5.26 Å². The van der Waals surface area contributed by atoms with E-state index in [0.717, 1.165) is 68.2 Å². The molecule has 8 heteroatoms. The van der Waals surface area contributed by atoms with Gasteiger partial charge in [-0.25, -0.2) is 9.97 Å². The van der Waals surface area contributed by atoms with E-state index in [2.05, 4.69) is 25.8 Å². The molecule has 4 heterocycles. The van der Waals surface area contributed by atoms with Crippen LogP contribution in [-0.4, -0.2) is 47.7 Å². The molecule has 2 fully saturated rings. The fourth-order valence-corrected chi connectivity index (χ4v) is 3.93. The fourth-order valence-electron chi connectivity index (χ4n) is 3.93. The van der Waals surface area contributed by atoms with Crippen molar-refractivity contribution < 1.29 is 4.74 Å². The highest BCUT2D eigenvalue weighted by atomic mass is 16.5. The summed E-state index contributed by atoms with van der Waals surface area (Å²) in [5.74, 6) is 1.87. The Kier molecular flexibility index (Phi) is 4.24. The molecule has 1 saturated heterocycles. The minimum absolute atomic E-state index is 0.0836. The van der Waals surface area contributed by atoms with Gasteiger partial charge in [0.1, 0.15) is 11.9 Å². The van der Waals surface area contributed by atoms with Crippen LogP contribution in [0, 0.1) is 11.3 Å². The van der Waals surface area contributed by atoms with Crippen molar-refractivity contribution >= 4 is 11.8 Å². The van der Waals surface area contributed by atoms with Crippen LogP contribution in [-0.2, 0) is 17.8 Å². The molecular weight excluding hydrogens is 356 g/mol. The Morgan fingerprint density at radius 3 is 2.68 bits per heavy atom. The van der Waals surface area contributed by atoms with Crippen molar-refractivity contribution in [2.45, 2.75) is 31.8 Å². The SMILES string of the molecule is N#Cc1cc2c(nc1N1CCN(c3nc(C4CC4)cc(=O)[nH]3)CC1)CCOC2. The van der Waals surface area contributed by atoms with Gasteiger partial charge in [0.15, 0.2) is 0 Å². The van der Waals surface area contributed by atoms with Gasteiger partial charge in [-0.3, -0.25) is 9.78 Å². The summed E-state index contributed by atoms with van der Waals surface area (Å²) in [4.78, 5) is 28.6. The van der Waals surface area contributed by atoms with Gasteiger partial charge in [0.05, 0.1) is 30.2 Å². The number of piperazine rings is 1. The van der Waals surface area contributed by atoms with Crippen molar-refractivity contribution in [2.24, 2.45) is 0 Å². The van der Waals surface area contributed by atoms with Gasteiger partial charge < -0.3 is 14.5 Å². The molecule has 1 N–H and O–H groups in total. The van der Waals surface area contributed by atoms with E-state index in [0.29, 0.717) is 30.6 Å². The summed E-state index contributed by atoms with van der Waals surface area (Å²) in [5.41, 5.74) is 3.47. The van der Waals surface area contributed by atoms with Gasteiger partial charge in [0.2, 0.25) is 5.95 Å². The van der Waals surface area contributed by atoms with Crippen LogP contribution in [0.2, 0.25) is 0 Å². The second-order valence-electron chi connectivity index (χ2n) is 7.62. The minimum atomic E-state index is -0.0836. The van der Waals surface area contributed by atoms with E-state index in [1.807, 2.05) is 6.07 Å². The number of hydrogen-bond donors (Lipinski definition) is 1. The number of aromatic nitrogens is 3. The first kappa shape index (κ1) is 17.2. The van der Waals surface area contributed by atoms with Crippen molar-refractivity contribution in [1.82, 2.24) is 15.0 Å². The maximum atomic E-state index is 12.0. The molecule has 28 heavy (non-hydrogen) atoms. The lowest BCUT2D eigenvalue weighted by molar-refractivity contribution is 0.109. The molecule has 0 atom stereocenters. The first-order valence-corrected chi connectivity index (χ1v) is 9.83. The second kappa shape index (κ2) is 6.91. The van der Waals surface area contributed by atoms with Crippen LogP contribution < -0.4 is 15.4 Å². The average Bonchev–Trinajstić information content (AvgIpc) is 3.58. The Morgan fingerprint density at radius 1 is 1.14 bits per heavy atom. The Hall–Kier alpha value is -2.92. The van der Waals surface area contributed by atoms with E-state index in [1.165, 1.54) is 0 Å². The quantitative estimate of drug-likeness (QED) is 0.860. The highest BCUT2D eigenvalue weighted by Crippen LogP contribution is 2.38. The molecule has 0 aromatic carbocycles. The number of nitrogens with zero attached hydrogens (tertiary/aromatic N) is 5. The van der Waals surface area contributed by atoms with Crippen molar-refractivity contribution in [1.29, 1.82) is 5.26 Å². The summed E-state index contributed by atoms with van der Waals surface area (Å²) in [6, 6.07) is 5.83. The van der Waals surface area contributed by atoms with Crippen LogP contribution in [0.4, 0.5) is 11.8 Å². The zero-order valence-corrected chi connectivity index (χ0v) is 15.6. The lowest BCUT2D eigenvalue weighted by atomic mass is 10.1. The van der Waals surface area contributed by atoms with Crippen molar-refractivity contribution in [2.75, 3.05) is 42.6 Å². The molecule has 0 amide bonds. The van der Waals surface area contributed by atoms with Gasteiger partial charge in [0.25, 0.3) is 5.56 Å². The molecule has 8 nitrogen and oxygen atoms in total. The molecular formula is C20H22N6O2. The summed E-state index contributed by atoms with van der Waals surface area (Å²) in [6.45, 7) is 4.12. The smallest absolute Gasteiger partial charge is 0.252 e. The van der Waals surface area contributed by atoms with Crippen LogP contribution >= 0.6 is 0 Å². The largest absolute Gasteiger partial charge is 0.376 e. The first-order chi connectivity index (χ1) is 13.7. The van der Waals surface area contributed by atoms with Crippen LogP contribution in [0.1, 0.15) is 41.3 Å². The van der Waals surface area contributed by atoms with Gasteiger partial charge >= 0.3 is 0 Å². The van der Waals surface area contributed by atoms with Crippen LogP contribution in [0.5, 0.6) is 0 Å². The molecule has 2 aromatic rings. The number of nitriles is 1. The zero-order chi connectivity index (χ0) is 19.1. The van der Waals surface area contributed by atoms with E-state index in [1.54, 1.807) is 6.07 Å². The minimum Gasteiger partial charge on any atom is -0.376 e. The number of H-pyrrole nitrogens is 1. The van der Waals surface area contributed by atoms with Gasteiger partial charge in [0, 0.05) is 50.1 Å². The third-order valence-corrected chi connectivity index (χ3v) is 5.66. The van der Waals surface area contributed by atoms with E-state index in [9.17, 15) is 10.1 Å². The number of pyridine rings is 1. The predicted molar refractivity (Wildman–Crippen MR) is 104 cm³/mol. The predicted octanol–water partition coefficient (Wildman–Crippen LogP) is 1.31. The Morgan fingerprint density at radius 2 is 1.93 bits per heavy atom. The fraction of sp³-hybridized carbons (Fsp3) is 0.500. The number of ether oxygens (including phenoxy) is 1. The van der Waals surface area contributed by atoms with Crippen LogP contribution in [0.25, 0.3) is 0 Å². The summed E-state index contributed by atoms with van der Waals surface area (Å²) in [5, 5.41) is 9.58. The molecule has 2 aliphatic heterocycles. The summed E-state index contributed by atoms with van der Waals surface area (Å²) < 4.78 is 5.48. The first-order valence-electron chi connectivity index (χ1n) is 9.83. The molecule has 0 spiro atoms. The van der Waals surface area contributed by atoms with E-state index in [4.69, 9.17) is 9.72 Å². The van der Waals surface area contributed by atoms with Gasteiger partial charge in [-0.1, -0.05) is 0 Å². The number of anilines is 2. The van der Waals surface area contributed by atoms with Crippen LogP contribution in [0.3, 0.4) is 0 Å². The zero-order valence-electron chi connectivity index (χ0n) is 15.6. The second-order valence-corrected chi connectivity index (χ2v) is 7.62. The topological polar surface area (TPSA) is 98.1 Å². The average molecular weight is 378 g/mol. The molecule has 2 aromatic heterocycles. The number of fused-ring (bicyclic) bond motifs is 1. The molecule has 0 unspecified atom stereocenters. The molecule has 0 radical (unpaired) electrons. The van der Waals surface area contributed by atoms with E-state index < -0.39 is 0 Å². The lowest BCUT2D eigenvalue weighted by Gasteiger charge is -2.36. The third-order valence-electron chi connectivity index (χ3n) is 5.66. The van der Waals surface area contributed by atoms with Crippen molar-refractivity contribution in [3.8, 4) is 6.07 Å². The molecule has 1 aliphatic carbocycles. The number of hydrogen-bond acceptors (Lipinski definition) is 7. The summed E-state index contributed by atoms with van der Waals surface area (Å²) in [7, 11) is 0. The number of rotatable bonds is 3. The highest BCUT2D eigenvalue weighted by molar-refractivity contribution is 5.57. The van der Waals surface area contributed by atoms with Gasteiger partial charge in [-0.15, -0.1) is 0 Å². The Labute approximate surface area is 162 Å². The van der Waals surface area contributed by atoms with Gasteiger partial charge in [-0.05, 0) is 18.9 Å². The maximum Gasteiger partial charge on any atom is 0.252 e. The molecule has 1 saturated carbocycles. The van der Waals surface area contributed by atoms with E-state index >= 15 is 0 Å².